The molecular weight excluding hydrogens is 384 g/mol. The van der Waals surface area contributed by atoms with Crippen LogP contribution in [-0.4, -0.2) is 0 Å². The lowest BCUT2D eigenvalue weighted by Gasteiger charge is -2.41. The van der Waals surface area contributed by atoms with E-state index in [-0.39, 0.29) is 11.3 Å². The quantitative estimate of drug-likeness (QED) is 0.190. The van der Waals surface area contributed by atoms with E-state index in [4.69, 9.17) is 0 Å². The van der Waals surface area contributed by atoms with E-state index in [0.717, 1.165) is 0 Å². The molecule has 0 heterocycles. The number of rotatable bonds is 1. The fourth-order valence-corrected chi connectivity index (χ4v) is 5.99. The summed E-state index contributed by atoms with van der Waals surface area (Å²) in [5.74, 6) is 0.258. The zero-order chi connectivity index (χ0) is 22.0. The molecule has 1 unspecified atom stereocenters. The van der Waals surface area contributed by atoms with Crippen LogP contribution < -0.4 is 0 Å². The molecule has 0 spiro atoms. The van der Waals surface area contributed by atoms with Gasteiger partial charge in [-0.05, 0) is 62.9 Å². The highest BCUT2D eigenvalue weighted by molar-refractivity contribution is 6.09. The van der Waals surface area contributed by atoms with E-state index in [0.29, 0.717) is 0 Å². The van der Waals surface area contributed by atoms with Crippen molar-refractivity contribution in [2.45, 2.75) is 39.0 Å². The van der Waals surface area contributed by atoms with Gasteiger partial charge < -0.3 is 0 Å². The Kier molecular flexibility index (Phi) is 4.11. The highest BCUT2D eigenvalue weighted by Crippen LogP contribution is 2.52. The lowest BCUT2D eigenvalue weighted by molar-refractivity contribution is 0.581. The molecule has 0 bridgehead atoms. The fourth-order valence-electron chi connectivity index (χ4n) is 5.99. The zero-order valence-corrected chi connectivity index (χ0v) is 19.2. The number of hydrogen-bond donors (Lipinski definition) is 0. The molecule has 0 aromatic heterocycles. The Morgan fingerprint density at radius 2 is 1.19 bits per heavy atom. The summed E-state index contributed by atoms with van der Waals surface area (Å²) in [7, 11) is 0. The second kappa shape index (κ2) is 6.81. The summed E-state index contributed by atoms with van der Waals surface area (Å²) in [6.07, 6.45) is 0. The van der Waals surface area contributed by atoms with Crippen molar-refractivity contribution >= 4 is 32.3 Å². The minimum absolute atomic E-state index is 0.0142. The standard InChI is InChI=1S/C32H28/c1-20-21(2)32(3,4)29-19-18-26-24-13-7-6-11-23(24)16-17-28(26)31(29)30(20)27-15-9-12-22-10-5-8-14-25(22)27/h5-19,30H,1-4H3. The van der Waals surface area contributed by atoms with Gasteiger partial charge in [-0.3, -0.25) is 0 Å². The van der Waals surface area contributed by atoms with Gasteiger partial charge in [0.15, 0.2) is 0 Å². The van der Waals surface area contributed by atoms with Gasteiger partial charge in [-0.15, -0.1) is 0 Å². The Morgan fingerprint density at radius 3 is 1.97 bits per heavy atom. The zero-order valence-electron chi connectivity index (χ0n) is 19.2. The topological polar surface area (TPSA) is 0 Å². The van der Waals surface area contributed by atoms with Gasteiger partial charge in [0.05, 0.1) is 0 Å². The monoisotopic (exact) mass is 412 g/mol. The van der Waals surface area contributed by atoms with Gasteiger partial charge in [0.2, 0.25) is 0 Å². The molecule has 5 aromatic carbocycles. The molecule has 5 aromatic rings. The predicted molar refractivity (Wildman–Crippen MR) is 139 cm³/mol. The van der Waals surface area contributed by atoms with Crippen molar-refractivity contribution in [2.24, 2.45) is 0 Å². The summed E-state index contributed by atoms with van der Waals surface area (Å²) >= 11 is 0. The van der Waals surface area contributed by atoms with Crippen LogP contribution in [-0.2, 0) is 5.41 Å². The maximum absolute atomic E-state index is 2.40. The highest BCUT2D eigenvalue weighted by Gasteiger charge is 2.38. The molecule has 1 aliphatic rings. The maximum atomic E-state index is 2.40. The van der Waals surface area contributed by atoms with Gasteiger partial charge in [-0.1, -0.05) is 116 Å². The van der Waals surface area contributed by atoms with Gasteiger partial charge in [-0.2, -0.15) is 0 Å². The van der Waals surface area contributed by atoms with Crippen molar-refractivity contribution in [3.8, 4) is 0 Å². The van der Waals surface area contributed by atoms with Crippen LogP contribution in [0.15, 0.2) is 102 Å². The van der Waals surface area contributed by atoms with E-state index in [9.17, 15) is 0 Å². The fraction of sp³-hybridized carbons (Fsp3) is 0.188. The summed E-state index contributed by atoms with van der Waals surface area (Å²) in [5, 5.41) is 8.06. The van der Waals surface area contributed by atoms with Crippen LogP contribution in [0.3, 0.4) is 0 Å². The first-order chi connectivity index (χ1) is 15.5. The molecule has 0 radical (unpaired) electrons. The van der Waals surface area contributed by atoms with Gasteiger partial charge in [0.1, 0.15) is 0 Å². The largest absolute Gasteiger partial charge is 0.0634 e. The second-order valence-electron chi connectivity index (χ2n) is 9.84. The molecule has 0 saturated carbocycles. The molecule has 0 aliphatic heterocycles. The molecule has 0 N–H and O–H groups in total. The van der Waals surface area contributed by atoms with Gasteiger partial charge in [0.25, 0.3) is 0 Å². The number of benzene rings is 5. The summed E-state index contributed by atoms with van der Waals surface area (Å²) < 4.78 is 0. The summed E-state index contributed by atoms with van der Waals surface area (Å²) in [4.78, 5) is 0. The van der Waals surface area contributed by atoms with E-state index in [1.54, 1.807) is 0 Å². The number of fused-ring (bicyclic) bond motifs is 6. The summed E-state index contributed by atoms with van der Waals surface area (Å²) in [6, 6.07) is 33.8. The minimum atomic E-state index is 0.0142. The van der Waals surface area contributed by atoms with E-state index in [2.05, 4.69) is 119 Å². The van der Waals surface area contributed by atoms with Crippen LogP contribution in [0, 0.1) is 0 Å². The van der Waals surface area contributed by atoms with Gasteiger partial charge >= 0.3 is 0 Å². The Labute approximate surface area is 190 Å². The number of allylic oxidation sites excluding steroid dienone is 2. The number of hydrogen-bond acceptors (Lipinski definition) is 0. The molecule has 0 amide bonds. The third kappa shape index (κ3) is 2.56. The average molecular weight is 413 g/mol. The first-order valence-corrected chi connectivity index (χ1v) is 11.6. The first kappa shape index (κ1) is 19.3. The van der Waals surface area contributed by atoms with E-state index < -0.39 is 0 Å². The summed E-state index contributed by atoms with van der Waals surface area (Å²) in [5.41, 5.74) is 7.35. The molecule has 0 heteroatoms. The minimum Gasteiger partial charge on any atom is -0.0634 e. The summed E-state index contributed by atoms with van der Waals surface area (Å²) in [6.45, 7) is 9.46. The van der Waals surface area contributed by atoms with Gasteiger partial charge in [-0.25, -0.2) is 0 Å². The molecule has 1 aliphatic carbocycles. The Hall–Kier alpha value is -3.38. The van der Waals surface area contributed by atoms with Crippen molar-refractivity contribution in [3.63, 3.8) is 0 Å². The van der Waals surface area contributed by atoms with Gasteiger partial charge in [0, 0.05) is 11.3 Å². The van der Waals surface area contributed by atoms with E-state index in [1.807, 2.05) is 0 Å². The smallest absolute Gasteiger partial charge is 0.0314 e. The van der Waals surface area contributed by atoms with Crippen LogP contribution in [0.1, 0.15) is 50.3 Å². The lowest BCUT2D eigenvalue weighted by Crippen LogP contribution is -2.29. The Bertz CT molecular complexity index is 1560. The third-order valence-corrected chi connectivity index (χ3v) is 8.03. The maximum Gasteiger partial charge on any atom is 0.0314 e. The Balaban J connectivity index is 1.78. The SMILES string of the molecule is CC1=C(C)C(C)(C)c2ccc3c(ccc4ccccc43)c2C1c1cccc2ccccc12. The van der Waals surface area contributed by atoms with Crippen molar-refractivity contribution < 1.29 is 0 Å². The van der Waals surface area contributed by atoms with Crippen LogP contribution in [0.25, 0.3) is 32.3 Å². The van der Waals surface area contributed by atoms with Crippen LogP contribution in [0.4, 0.5) is 0 Å². The second-order valence-corrected chi connectivity index (χ2v) is 9.84. The van der Waals surface area contributed by atoms with Crippen LogP contribution in [0.2, 0.25) is 0 Å². The van der Waals surface area contributed by atoms with Crippen molar-refractivity contribution in [2.75, 3.05) is 0 Å². The first-order valence-electron chi connectivity index (χ1n) is 11.6. The predicted octanol–water partition coefficient (Wildman–Crippen LogP) is 8.91. The molecule has 32 heavy (non-hydrogen) atoms. The molecule has 156 valence electrons. The third-order valence-electron chi connectivity index (χ3n) is 8.03. The molecular formula is C32H28. The molecule has 0 fully saturated rings. The van der Waals surface area contributed by atoms with Crippen LogP contribution >= 0.6 is 0 Å². The molecule has 1 atom stereocenters. The highest BCUT2D eigenvalue weighted by atomic mass is 14.4. The van der Waals surface area contributed by atoms with Crippen LogP contribution in [0.5, 0.6) is 0 Å². The normalized spacial score (nSPS) is 17.8. The molecule has 6 rings (SSSR count). The molecule has 0 nitrogen and oxygen atoms in total. The van der Waals surface area contributed by atoms with Crippen molar-refractivity contribution in [1.82, 2.24) is 0 Å². The van der Waals surface area contributed by atoms with E-state index in [1.165, 1.54) is 60.2 Å². The van der Waals surface area contributed by atoms with Crippen molar-refractivity contribution in [1.29, 1.82) is 0 Å². The average Bonchev–Trinajstić information content (AvgIpc) is 2.82. The lowest BCUT2D eigenvalue weighted by atomic mass is 9.63. The van der Waals surface area contributed by atoms with Crippen molar-refractivity contribution in [3.05, 3.63) is 119 Å². The Morgan fingerprint density at radius 1 is 0.562 bits per heavy atom. The van der Waals surface area contributed by atoms with E-state index >= 15 is 0 Å². The molecule has 0 saturated heterocycles.